The molecule has 1 amide bonds. The molecule has 0 radical (unpaired) electrons. The number of nitrogens with zero attached hydrogens (tertiary/aromatic N) is 3. The van der Waals surface area contributed by atoms with Crippen molar-refractivity contribution in [2.45, 2.75) is 12.8 Å². The Labute approximate surface area is 120 Å². The number of aromatic amines is 1. The van der Waals surface area contributed by atoms with Crippen molar-refractivity contribution in [2.24, 2.45) is 5.92 Å². The van der Waals surface area contributed by atoms with Crippen LogP contribution in [-0.4, -0.2) is 72.8 Å². The number of carbonyl (C=O) groups is 1. The summed E-state index contributed by atoms with van der Waals surface area (Å²) in [4.78, 5) is 16.1. The van der Waals surface area contributed by atoms with Gasteiger partial charge in [0.2, 0.25) is 5.91 Å². The van der Waals surface area contributed by atoms with E-state index in [0.29, 0.717) is 25.5 Å². The van der Waals surface area contributed by atoms with Crippen LogP contribution in [0.15, 0.2) is 12.4 Å². The monoisotopic (exact) mass is 280 g/mol. The number of amides is 1. The summed E-state index contributed by atoms with van der Waals surface area (Å²) in [6.07, 6.45) is 5.44. The highest BCUT2D eigenvalue weighted by Crippen LogP contribution is 2.18. The Morgan fingerprint density at radius 1 is 1.60 bits per heavy atom. The summed E-state index contributed by atoms with van der Waals surface area (Å²) in [6.45, 7) is 4.15. The van der Waals surface area contributed by atoms with E-state index in [1.54, 1.807) is 7.11 Å². The Kier molecular flexibility index (Phi) is 5.55. The van der Waals surface area contributed by atoms with Crippen LogP contribution in [0.25, 0.3) is 0 Å². The molecule has 1 atom stereocenters. The zero-order valence-corrected chi connectivity index (χ0v) is 12.3. The third-order valence-corrected chi connectivity index (χ3v) is 3.77. The fourth-order valence-electron chi connectivity index (χ4n) is 2.66. The zero-order chi connectivity index (χ0) is 14.4. The summed E-state index contributed by atoms with van der Waals surface area (Å²) in [7, 11) is 3.78. The third kappa shape index (κ3) is 4.31. The Hall–Kier alpha value is -1.40. The maximum atomic E-state index is 11.9. The van der Waals surface area contributed by atoms with E-state index >= 15 is 0 Å². The van der Waals surface area contributed by atoms with Gasteiger partial charge in [-0.15, -0.1) is 0 Å². The van der Waals surface area contributed by atoms with Crippen LogP contribution in [0, 0.1) is 5.92 Å². The van der Waals surface area contributed by atoms with Crippen LogP contribution in [0.1, 0.15) is 12.0 Å². The van der Waals surface area contributed by atoms with Crippen LogP contribution in [0.5, 0.6) is 0 Å². The number of hydrogen-bond donors (Lipinski definition) is 1. The van der Waals surface area contributed by atoms with E-state index in [0.717, 1.165) is 26.1 Å². The topological polar surface area (TPSA) is 61.5 Å². The number of H-pyrrole nitrogens is 1. The van der Waals surface area contributed by atoms with Crippen molar-refractivity contribution >= 4 is 5.91 Å². The fraction of sp³-hybridized carbons (Fsp3) is 0.714. The van der Waals surface area contributed by atoms with Crippen LogP contribution in [0.4, 0.5) is 0 Å². The Morgan fingerprint density at radius 3 is 3.15 bits per heavy atom. The van der Waals surface area contributed by atoms with E-state index in [1.807, 2.05) is 17.3 Å². The van der Waals surface area contributed by atoms with Crippen LogP contribution >= 0.6 is 0 Å². The molecule has 1 saturated heterocycles. The van der Waals surface area contributed by atoms with E-state index < -0.39 is 0 Å². The van der Waals surface area contributed by atoms with Gasteiger partial charge in [0.25, 0.3) is 0 Å². The van der Waals surface area contributed by atoms with Gasteiger partial charge < -0.3 is 14.5 Å². The van der Waals surface area contributed by atoms with Gasteiger partial charge in [0.15, 0.2) is 0 Å². The van der Waals surface area contributed by atoms with Gasteiger partial charge in [-0.25, -0.2) is 0 Å². The maximum Gasteiger partial charge on any atom is 0.223 e. The van der Waals surface area contributed by atoms with E-state index in [9.17, 15) is 4.79 Å². The quantitative estimate of drug-likeness (QED) is 0.748. The Morgan fingerprint density at radius 2 is 2.45 bits per heavy atom. The highest BCUT2D eigenvalue weighted by molar-refractivity contribution is 5.78. The lowest BCUT2D eigenvalue weighted by Gasteiger charge is -2.21. The minimum Gasteiger partial charge on any atom is -0.383 e. The molecule has 20 heavy (non-hydrogen) atoms. The summed E-state index contributed by atoms with van der Waals surface area (Å²) in [5.74, 6) is 0.698. The zero-order valence-electron chi connectivity index (χ0n) is 12.3. The second-order valence-corrected chi connectivity index (χ2v) is 5.52. The molecule has 0 spiro atoms. The minimum atomic E-state index is 0.260. The molecule has 2 heterocycles. The van der Waals surface area contributed by atoms with E-state index in [4.69, 9.17) is 4.74 Å². The summed E-state index contributed by atoms with van der Waals surface area (Å²) in [5, 5.41) is 6.77. The molecule has 6 heteroatoms. The Balaban J connectivity index is 1.69. The molecule has 112 valence electrons. The lowest BCUT2D eigenvalue weighted by atomic mass is 10.1. The van der Waals surface area contributed by atoms with Crippen molar-refractivity contribution in [3.8, 4) is 0 Å². The predicted molar refractivity (Wildman–Crippen MR) is 76.4 cm³/mol. The molecule has 1 aromatic heterocycles. The van der Waals surface area contributed by atoms with Crippen molar-refractivity contribution in [1.82, 2.24) is 20.0 Å². The molecule has 0 unspecified atom stereocenters. The first-order valence-corrected chi connectivity index (χ1v) is 7.12. The van der Waals surface area contributed by atoms with Gasteiger partial charge in [0.05, 0.1) is 12.8 Å². The van der Waals surface area contributed by atoms with Crippen molar-refractivity contribution in [3.63, 3.8) is 0 Å². The minimum absolute atomic E-state index is 0.260. The number of likely N-dealkylation sites (N-methyl/N-ethyl adjacent to an activating group) is 1. The molecule has 2 rings (SSSR count). The van der Waals surface area contributed by atoms with E-state index in [-0.39, 0.29) is 5.91 Å². The second kappa shape index (κ2) is 7.40. The molecule has 0 aromatic carbocycles. The third-order valence-electron chi connectivity index (χ3n) is 3.77. The van der Waals surface area contributed by atoms with Crippen LogP contribution in [-0.2, 0) is 16.0 Å². The summed E-state index contributed by atoms with van der Waals surface area (Å²) in [6, 6.07) is 0. The molecule has 1 aliphatic heterocycles. The lowest BCUT2D eigenvalue weighted by Crippen LogP contribution is -2.31. The normalized spacial score (nSPS) is 19.2. The first kappa shape index (κ1) is 15.0. The molecule has 1 N–H and O–H groups in total. The van der Waals surface area contributed by atoms with Crippen molar-refractivity contribution in [3.05, 3.63) is 18.0 Å². The summed E-state index contributed by atoms with van der Waals surface area (Å²) < 4.78 is 5.04. The van der Waals surface area contributed by atoms with Crippen molar-refractivity contribution < 1.29 is 9.53 Å². The number of nitrogens with one attached hydrogen (secondary N) is 1. The second-order valence-electron chi connectivity index (χ2n) is 5.52. The highest BCUT2D eigenvalue weighted by Gasteiger charge is 2.29. The number of ether oxygens (including phenoxy) is 1. The van der Waals surface area contributed by atoms with Gasteiger partial charge in [0, 0.05) is 45.9 Å². The van der Waals surface area contributed by atoms with Crippen LogP contribution < -0.4 is 0 Å². The Bertz CT molecular complexity index is 407. The summed E-state index contributed by atoms with van der Waals surface area (Å²) >= 11 is 0. The van der Waals surface area contributed by atoms with Gasteiger partial charge in [0.1, 0.15) is 0 Å². The summed E-state index contributed by atoms with van der Waals surface area (Å²) in [5.41, 5.74) is 1.22. The lowest BCUT2D eigenvalue weighted by molar-refractivity contribution is -0.128. The first-order chi connectivity index (χ1) is 9.69. The number of rotatable bonds is 8. The van der Waals surface area contributed by atoms with E-state index in [2.05, 4.69) is 22.1 Å². The van der Waals surface area contributed by atoms with Gasteiger partial charge in [-0.1, -0.05) is 0 Å². The van der Waals surface area contributed by atoms with Gasteiger partial charge in [-0.3, -0.25) is 9.89 Å². The average Bonchev–Trinajstić information content (AvgIpc) is 3.04. The smallest absolute Gasteiger partial charge is 0.223 e. The molecule has 1 fully saturated rings. The van der Waals surface area contributed by atoms with Crippen LogP contribution in [0.3, 0.4) is 0 Å². The largest absolute Gasteiger partial charge is 0.383 e. The molecule has 0 aliphatic carbocycles. The average molecular weight is 280 g/mol. The standard InChI is InChI=1S/C14H24N4O2/c1-17(4-3-12-8-15-16-9-12)10-13-7-14(19)18(11-13)5-6-20-2/h8-9,13H,3-7,10-11H2,1-2H3,(H,15,16)/t13-/m1/s1. The number of aromatic nitrogens is 2. The molecule has 0 saturated carbocycles. The molecule has 1 aromatic rings. The van der Waals surface area contributed by atoms with Gasteiger partial charge >= 0.3 is 0 Å². The van der Waals surface area contributed by atoms with Crippen LogP contribution in [0.2, 0.25) is 0 Å². The van der Waals surface area contributed by atoms with Crippen molar-refractivity contribution in [1.29, 1.82) is 0 Å². The molecular weight excluding hydrogens is 256 g/mol. The number of carbonyl (C=O) groups excluding carboxylic acids is 1. The van der Waals surface area contributed by atoms with Crippen molar-refractivity contribution in [2.75, 3.05) is 46.9 Å². The fourth-order valence-corrected chi connectivity index (χ4v) is 2.66. The SMILES string of the molecule is COCCN1C[C@@H](CN(C)CCc2cn[nH]c2)CC1=O. The van der Waals surface area contributed by atoms with Gasteiger partial charge in [-0.2, -0.15) is 5.10 Å². The molecule has 0 bridgehead atoms. The number of likely N-dealkylation sites (tertiary alicyclic amines) is 1. The first-order valence-electron chi connectivity index (χ1n) is 7.12. The molecule has 6 nitrogen and oxygen atoms in total. The highest BCUT2D eigenvalue weighted by atomic mass is 16.5. The molecule has 1 aliphatic rings. The van der Waals surface area contributed by atoms with Gasteiger partial charge in [-0.05, 0) is 24.9 Å². The predicted octanol–water partition coefficient (Wildman–Crippen LogP) is 0.379. The number of hydrogen-bond acceptors (Lipinski definition) is 4. The van der Waals surface area contributed by atoms with E-state index in [1.165, 1.54) is 5.56 Å². The number of methoxy groups -OCH3 is 1. The maximum absolute atomic E-state index is 11.9. The molecular formula is C14H24N4O2.